The number of piperidine rings is 1. The van der Waals surface area contributed by atoms with E-state index in [9.17, 15) is 42.3 Å². The first-order chi connectivity index (χ1) is 26.6. The molecule has 6 atom stereocenters. The van der Waals surface area contributed by atoms with Crippen LogP contribution in [0.2, 0.25) is 0 Å². The Hall–Kier alpha value is -5.29. The highest BCUT2D eigenvalue weighted by Crippen LogP contribution is 2.84. The lowest BCUT2D eigenvalue weighted by Gasteiger charge is -2.46. The fourth-order valence-corrected chi connectivity index (χ4v) is 8.13. The molecule has 2 saturated heterocycles. The Morgan fingerprint density at radius 3 is 2.05 bits per heavy atom. The molecule has 5 amide bonds. The third kappa shape index (κ3) is 8.26. The van der Waals surface area contributed by atoms with Crippen molar-refractivity contribution in [2.24, 2.45) is 5.92 Å². The van der Waals surface area contributed by atoms with Gasteiger partial charge in [0.15, 0.2) is 11.6 Å². The van der Waals surface area contributed by atoms with Gasteiger partial charge < -0.3 is 35.4 Å². The minimum atomic E-state index is -4.63. The van der Waals surface area contributed by atoms with Crippen LogP contribution in [0.15, 0.2) is 60.8 Å². The maximum Gasteiger partial charge on any atom is 0.416 e. The predicted molar refractivity (Wildman–Crippen MR) is 200 cm³/mol. The van der Waals surface area contributed by atoms with Crippen molar-refractivity contribution in [3.8, 4) is 0 Å². The summed E-state index contributed by atoms with van der Waals surface area (Å²) < 4.78 is 50.3. The molecule has 1 aromatic heterocycles. The molecule has 2 aromatic carbocycles. The van der Waals surface area contributed by atoms with Crippen LogP contribution in [0.5, 0.6) is 0 Å². The Kier molecular flexibility index (Phi) is 10.8. The van der Waals surface area contributed by atoms with E-state index in [-0.39, 0.29) is 44.2 Å². The fourth-order valence-electron chi connectivity index (χ4n) is 8.13. The second-order valence-electron chi connectivity index (χ2n) is 16.7. The topological polar surface area (TPSA) is 176 Å². The van der Waals surface area contributed by atoms with Gasteiger partial charge in [-0.2, -0.15) is 13.2 Å². The van der Waals surface area contributed by atoms with Gasteiger partial charge in [0.2, 0.25) is 11.9 Å². The van der Waals surface area contributed by atoms with Crippen molar-refractivity contribution in [3.63, 3.8) is 0 Å². The number of pyridine rings is 1. The van der Waals surface area contributed by atoms with Gasteiger partial charge in [0, 0.05) is 49.9 Å². The highest BCUT2D eigenvalue weighted by molar-refractivity contribution is 6.01. The summed E-state index contributed by atoms with van der Waals surface area (Å²) in [5.41, 5.74) is -2.20. The summed E-state index contributed by atoms with van der Waals surface area (Å²) in [5, 5.41) is 20.5. The minimum absolute atomic E-state index is 0.00583. The van der Waals surface area contributed by atoms with Gasteiger partial charge in [-0.25, -0.2) is 18.9 Å². The average Bonchev–Trinajstić information content (AvgIpc) is 3.99. The standard InChI is InChI=1S/C40H47F3N6O8/c1-37(2,3)56-35(54)45-16-18-48(19-17-46-36(55)57-38(4,5)6)30(50)21-27-34(53)49(29-22-39(27,29)49)31(32(51)23-9-11-25(12-10-23)40(41,42)43)33(52)47-26-13-14-28-24(20-26)8-7-15-44-28/h7-15,20,27,29,31-32,51H,16-19,21-22H2,1-6H3,(H2-,45,46,47,52,54,55)/p+1. The smallest absolute Gasteiger partial charge is 0.416 e. The maximum absolute atomic E-state index is 14.3. The number of benzene rings is 2. The molecular weight excluding hydrogens is 749 g/mol. The summed E-state index contributed by atoms with van der Waals surface area (Å²) in [7, 11) is 0. The summed E-state index contributed by atoms with van der Waals surface area (Å²) in [4.78, 5) is 72.7. The molecule has 3 aliphatic rings. The number of hydrogen-bond donors (Lipinski definition) is 4. The van der Waals surface area contributed by atoms with Gasteiger partial charge in [-0.05, 0) is 83.5 Å². The van der Waals surface area contributed by atoms with E-state index in [1.54, 1.807) is 78.1 Å². The number of fused-ring (bicyclic) bond motifs is 2. The number of ether oxygens (including phenoxy) is 2. The number of amides is 5. The zero-order valence-electron chi connectivity index (χ0n) is 32.6. The van der Waals surface area contributed by atoms with Gasteiger partial charge in [0.05, 0.1) is 17.5 Å². The van der Waals surface area contributed by atoms with Crippen LogP contribution >= 0.6 is 0 Å². The van der Waals surface area contributed by atoms with Crippen LogP contribution in [-0.2, 0) is 30.0 Å². The monoisotopic (exact) mass is 797 g/mol. The number of hydrogen-bond acceptors (Lipinski definition) is 9. The van der Waals surface area contributed by atoms with Crippen molar-refractivity contribution in [2.75, 3.05) is 31.5 Å². The normalized spacial score (nSPS) is 23.2. The van der Waals surface area contributed by atoms with E-state index in [0.717, 1.165) is 29.7 Å². The number of carbonyl (C=O) groups excluding carboxylic acids is 5. The Morgan fingerprint density at radius 1 is 0.930 bits per heavy atom. The number of alkyl halides is 3. The largest absolute Gasteiger partial charge is 0.444 e. The first-order valence-corrected chi connectivity index (χ1v) is 18.7. The number of anilines is 1. The van der Waals surface area contributed by atoms with E-state index in [1.807, 2.05) is 0 Å². The summed E-state index contributed by atoms with van der Waals surface area (Å²) in [5.74, 6) is -2.40. The number of carbonyl (C=O) groups is 5. The number of alkyl carbamates (subject to hydrolysis) is 2. The Morgan fingerprint density at radius 2 is 1.53 bits per heavy atom. The summed E-state index contributed by atoms with van der Waals surface area (Å²) in [6.45, 7) is 10.3. The molecule has 3 fully saturated rings. The fraction of sp³-hybridized carbons (Fsp3) is 0.500. The van der Waals surface area contributed by atoms with Crippen molar-refractivity contribution in [3.05, 3.63) is 71.9 Å². The van der Waals surface area contributed by atoms with Crippen molar-refractivity contribution < 1.29 is 56.2 Å². The van der Waals surface area contributed by atoms with Gasteiger partial charge in [-0.1, -0.05) is 18.2 Å². The van der Waals surface area contributed by atoms with Gasteiger partial charge in [0.1, 0.15) is 23.2 Å². The molecule has 6 unspecified atom stereocenters. The highest BCUT2D eigenvalue weighted by Gasteiger charge is 3.10. The van der Waals surface area contributed by atoms with Crippen LogP contribution in [0.4, 0.5) is 28.4 Å². The molecule has 1 aliphatic carbocycles. The molecule has 3 heterocycles. The van der Waals surface area contributed by atoms with Crippen LogP contribution in [0.1, 0.15) is 71.6 Å². The molecule has 4 N–H and O–H groups in total. The van der Waals surface area contributed by atoms with Crippen molar-refractivity contribution >= 4 is 46.5 Å². The lowest BCUT2D eigenvalue weighted by atomic mass is 9.82. The van der Waals surface area contributed by atoms with E-state index >= 15 is 0 Å². The minimum Gasteiger partial charge on any atom is -0.444 e. The van der Waals surface area contributed by atoms with Crippen molar-refractivity contribution in [2.45, 2.75) is 95.5 Å². The summed E-state index contributed by atoms with van der Waals surface area (Å²) in [6, 6.07) is 10.5. The molecule has 3 aromatic rings. The predicted octanol–water partition coefficient (Wildman–Crippen LogP) is 5.06. The molecule has 17 heteroatoms. The molecule has 0 radical (unpaired) electrons. The number of nitrogens with one attached hydrogen (secondary N) is 3. The first kappa shape index (κ1) is 41.3. The molecule has 1 saturated carbocycles. The van der Waals surface area contributed by atoms with Crippen LogP contribution in [0, 0.1) is 5.92 Å². The number of halogens is 3. The SMILES string of the molecule is CC(C)(C)OC(=O)NCCN(CCNC(=O)OC(C)(C)C)C(=O)CC1C(=O)[N+]2(C(C(=O)Nc3ccc4ncccc4c3)C(O)c3ccc(C(F)(F)F)cc3)C3CC132. The van der Waals surface area contributed by atoms with Gasteiger partial charge >= 0.3 is 24.3 Å². The number of aliphatic hydroxyl groups is 1. The molecule has 57 heavy (non-hydrogen) atoms. The molecular formula is C40H48F3N6O8+. The summed E-state index contributed by atoms with van der Waals surface area (Å²) in [6.07, 6.45) is -5.79. The van der Waals surface area contributed by atoms with E-state index in [1.165, 1.54) is 4.90 Å². The first-order valence-electron chi connectivity index (χ1n) is 18.7. The second-order valence-corrected chi connectivity index (χ2v) is 16.7. The van der Waals surface area contributed by atoms with Crippen LogP contribution in [0.3, 0.4) is 0 Å². The maximum atomic E-state index is 14.3. The Balaban J connectivity index is 1.21. The number of β-lactam (4-membered cyclic amide) rings is 1. The van der Waals surface area contributed by atoms with E-state index in [0.29, 0.717) is 17.6 Å². The van der Waals surface area contributed by atoms with Gasteiger partial charge in [0.25, 0.3) is 5.91 Å². The zero-order valence-corrected chi connectivity index (χ0v) is 32.6. The van der Waals surface area contributed by atoms with Crippen LogP contribution in [-0.4, -0.2) is 104 Å². The molecule has 0 bridgehead atoms. The third-order valence-electron chi connectivity index (χ3n) is 10.6. The number of aromatic nitrogens is 1. The number of nitrogens with zero attached hydrogens (tertiary/aromatic N) is 3. The van der Waals surface area contributed by atoms with E-state index in [2.05, 4.69) is 20.9 Å². The number of aliphatic hydroxyl groups excluding tert-OH is 1. The molecule has 1 spiro atoms. The molecule has 2 aliphatic heterocycles. The number of rotatable bonds is 13. The second kappa shape index (κ2) is 14.9. The molecule has 6 rings (SSSR count). The summed E-state index contributed by atoms with van der Waals surface area (Å²) >= 11 is 0. The zero-order chi connectivity index (χ0) is 41.7. The lowest BCUT2D eigenvalue weighted by Crippen LogP contribution is -2.71. The van der Waals surface area contributed by atoms with E-state index in [4.69, 9.17) is 9.47 Å². The van der Waals surface area contributed by atoms with Crippen molar-refractivity contribution in [1.82, 2.24) is 20.5 Å². The van der Waals surface area contributed by atoms with E-state index < -0.39 is 80.9 Å². The van der Waals surface area contributed by atoms with Crippen LogP contribution in [0.25, 0.3) is 10.9 Å². The van der Waals surface area contributed by atoms with Crippen LogP contribution < -0.4 is 16.0 Å². The Labute approximate surface area is 327 Å². The van der Waals surface area contributed by atoms with Gasteiger partial charge in [-0.15, -0.1) is 0 Å². The highest BCUT2D eigenvalue weighted by atomic mass is 19.4. The Bertz CT molecular complexity index is 2030. The molecule has 14 nitrogen and oxygen atoms in total. The molecule has 306 valence electrons. The number of quaternary nitrogens is 1. The van der Waals surface area contributed by atoms with Crippen molar-refractivity contribution in [1.29, 1.82) is 0 Å². The average molecular weight is 798 g/mol. The lowest BCUT2D eigenvalue weighted by molar-refractivity contribution is -0.845. The quantitative estimate of drug-likeness (QED) is 0.105. The third-order valence-corrected chi connectivity index (χ3v) is 10.6. The van der Waals surface area contributed by atoms with Gasteiger partial charge in [-0.3, -0.25) is 14.6 Å².